The van der Waals surface area contributed by atoms with E-state index < -0.39 is 5.41 Å². The van der Waals surface area contributed by atoms with E-state index >= 15 is 0 Å². The van der Waals surface area contributed by atoms with E-state index in [1.54, 1.807) is 0 Å². The Hall–Kier alpha value is -7.75. The molecule has 0 bridgehead atoms. The fourth-order valence-corrected chi connectivity index (χ4v) is 10.2. The van der Waals surface area contributed by atoms with E-state index in [1.165, 1.54) is 77.5 Å². The first-order valence-electron chi connectivity index (χ1n) is 21.0. The molecule has 1 spiro atoms. The normalized spacial score (nSPS) is 12.9. The standard InChI is InChI=1S/C58H39N3/c1-36-27-28-44(35-59-36)41-17-9-15-39(32-41)40-16-10-18-42(33-40)46-22-12-26-53-56(46)50-30-29-43(34-54(50)58(53)51-24-7-5-20-47(51)48-21-6-8-25-52(48)58)57-60-37(2)31-55(61-57)49-23-11-14-38-13-3-4-19-45(38)49/h3-35H,1-2H3. The second-order valence-electron chi connectivity index (χ2n) is 16.4. The van der Waals surface area contributed by atoms with Gasteiger partial charge in [0.25, 0.3) is 0 Å². The van der Waals surface area contributed by atoms with Crippen LogP contribution in [0.3, 0.4) is 0 Å². The molecule has 0 saturated carbocycles. The van der Waals surface area contributed by atoms with Gasteiger partial charge in [0.1, 0.15) is 0 Å². The van der Waals surface area contributed by atoms with Crippen molar-refractivity contribution >= 4 is 10.8 Å². The van der Waals surface area contributed by atoms with Gasteiger partial charge in [-0.05, 0) is 127 Å². The quantitative estimate of drug-likeness (QED) is 0.175. The summed E-state index contributed by atoms with van der Waals surface area (Å²) in [5.74, 6) is 0.730. The topological polar surface area (TPSA) is 38.7 Å². The maximum Gasteiger partial charge on any atom is 0.160 e. The van der Waals surface area contributed by atoms with Gasteiger partial charge in [-0.1, -0.05) is 164 Å². The van der Waals surface area contributed by atoms with Crippen LogP contribution in [0.1, 0.15) is 33.6 Å². The molecule has 0 radical (unpaired) electrons. The highest BCUT2D eigenvalue weighted by Crippen LogP contribution is 2.64. The fraction of sp³-hybridized carbons (Fsp3) is 0.0517. The summed E-state index contributed by atoms with van der Waals surface area (Å²) in [4.78, 5) is 15.0. The van der Waals surface area contributed by atoms with Crippen molar-refractivity contribution < 1.29 is 0 Å². The Bertz CT molecular complexity index is 3350. The highest BCUT2D eigenvalue weighted by atomic mass is 14.9. The van der Waals surface area contributed by atoms with Gasteiger partial charge in [0.15, 0.2) is 5.82 Å². The van der Waals surface area contributed by atoms with E-state index in [4.69, 9.17) is 9.97 Å². The number of pyridine rings is 1. The molecule has 0 fully saturated rings. The molecule has 61 heavy (non-hydrogen) atoms. The second-order valence-corrected chi connectivity index (χ2v) is 16.4. The van der Waals surface area contributed by atoms with Gasteiger partial charge in [-0.2, -0.15) is 0 Å². The van der Waals surface area contributed by atoms with Crippen molar-refractivity contribution in [2.45, 2.75) is 19.3 Å². The molecule has 0 aliphatic heterocycles. The van der Waals surface area contributed by atoms with E-state index in [9.17, 15) is 0 Å². The first kappa shape index (κ1) is 35.2. The van der Waals surface area contributed by atoms with E-state index in [0.717, 1.165) is 45.2 Å². The molecule has 3 heteroatoms. The van der Waals surface area contributed by atoms with Crippen LogP contribution in [-0.4, -0.2) is 15.0 Å². The summed E-state index contributed by atoms with van der Waals surface area (Å²) < 4.78 is 0. The summed E-state index contributed by atoms with van der Waals surface area (Å²) in [6.07, 6.45) is 1.96. The molecular weight excluding hydrogens is 739 g/mol. The number of hydrogen-bond acceptors (Lipinski definition) is 3. The number of nitrogens with zero attached hydrogens (tertiary/aromatic N) is 3. The van der Waals surface area contributed by atoms with Crippen molar-refractivity contribution in [1.29, 1.82) is 0 Å². The van der Waals surface area contributed by atoms with Crippen LogP contribution < -0.4 is 0 Å². The summed E-state index contributed by atoms with van der Waals surface area (Å²) in [7, 11) is 0. The van der Waals surface area contributed by atoms with E-state index in [2.05, 4.69) is 206 Å². The number of hydrogen-bond donors (Lipinski definition) is 0. The van der Waals surface area contributed by atoms with Crippen molar-refractivity contribution in [3.05, 3.63) is 234 Å². The predicted octanol–water partition coefficient (Wildman–Crippen LogP) is 14.3. The Morgan fingerprint density at radius 3 is 1.72 bits per heavy atom. The minimum atomic E-state index is -0.528. The van der Waals surface area contributed by atoms with Gasteiger partial charge < -0.3 is 0 Å². The molecule has 3 nitrogen and oxygen atoms in total. The molecule has 0 atom stereocenters. The summed E-state index contributed by atoms with van der Waals surface area (Å²) in [6.45, 7) is 4.10. The summed E-state index contributed by atoms with van der Waals surface area (Å²) in [5, 5.41) is 2.38. The molecule has 0 unspecified atom stereocenters. The lowest BCUT2D eigenvalue weighted by Crippen LogP contribution is -2.26. The third-order valence-corrected chi connectivity index (χ3v) is 12.9. The van der Waals surface area contributed by atoms with Crippen LogP contribution in [-0.2, 0) is 5.41 Å². The van der Waals surface area contributed by atoms with Gasteiger partial charge in [0.05, 0.1) is 11.1 Å². The summed E-state index contributed by atoms with van der Waals surface area (Å²) >= 11 is 0. The van der Waals surface area contributed by atoms with Gasteiger partial charge >= 0.3 is 0 Å². The van der Waals surface area contributed by atoms with Crippen LogP contribution in [0, 0.1) is 13.8 Å². The number of benzene rings is 8. The van der Waals surface area contributed by atoms with E-state index in [1.807, 2.05) is 13.1 Å². The van der Waals surface area contributed by atoms with E-state index in [-0.39, 0.29) is 0 Å². The zero-order valence-electron chi connectivity index (χ0n) is 33.9. The van der Waals surface area contributed by atoms with Gasteiger partial charge in [0, 0.05) is 34.3 Å². The molecule has 12 rings (SSSR count). The molecule has 2 heterocycles. The second kappa shape index (κ2) is 13.7. The van der Waals surface area contributed by atoms with Gasteiger partial charge in [-0.15, -0.1) is 0 Å². The minimum Gasteiger partial charge on any atom is -0.261 e. The molecule has 0 saturated heterocycles. The molecule has 2 aromatic heterocycles. The molecule has 2 aliphatic rings. The fourth-order valence-electron chi connectivity index (χ4n) is 10.2. The lowest BCUT2D eigenvalue weighted by molar-refractivity contribution is 0.794. The molecular formula is C58H39N3. The SMILES string of the molecule is Cc1ccc(-c2cccc(-c3cccc(-c4cccc5c4-c4ccc(-c6nc(C)cc(-c7cccc8ccccc78)n6)cc4C54c5ccccc5-c5ccccc54)c3)c2)cn1. The van der Waals surface area contributed by atoms with Crippen molar-refractivity contribution in [3.8, 4) is 78.3 Å². The molecule has 8 aromatic carbocycles. The van der Waals surface area contributed by atoms with Crippen LogP contribution in [0.25, 0.3) is 89.1 Å². The lowest BCUT2D eigenvalue weighted by atomic mass is 9.70. The van der Waals surface area contributed by atoms with Crippen molar-refractivity contribution in [2.75, 3.05) is 0 Å². The molecule has 2 aliphatic carbocycles. The zero-order chi connectivity index (χ0) is 40.7. The van der Waals surface area contributed by atoms with Gasteiger partial charge in [-0.25, -0.2) is 9.97 Å². The highest BCUT2D eigenvalue weighted by Gasteiger charge is 2.52. The van der Waals surface area contributed by atoms with Crippen LogP contribution >= 0.6 is 0 Å². The van der Waals surface area contributed by atoms with E-state index in [0.29, 0.717) is 0 Å². The van der Waals surface area contributed by atoms with Crippen LogP contribution in [0.4, 0.5) is 0 Å². The van der Waals surface area contributed by atoms with Crippen LogP contribution in [0.15, 0.2) is 200 Å². The Kier molecular flexibility index (Phi) is 7.88. The highest BCUT2D eigenvalue weighted by molar-refractivity contribution is 6.01. The Balaban J connectivity index is 1.06. The van der Waals surface area contributed by atoms with Crippen molar-refractivity contribution in [2.24, 2.45) is 0 Å². The van der Waals surface area contributed by atoms with Crippen LogP contribution in [0.2, 0.25) is 0 Å². The monoisotopic (exact) mass is 777 g/mol. The molecule has 10 aromatic rings. The van der Waals surface area contributed by atoms with Gasteiger partial charge in [0.2, 0.25) is 0 Å². The zero-order valence-corrected chi connectivity index (χ0v) is 33.9. The van der Waals surface area contributed by atoms with Crippen molar-refractivity contribution in [3.63, 3.8) is 0 Å². The third-order valence-electron chi connectivity index (χ3n) is 12.9. The minimum absolute atomic E-state index is 0.528. The molecule has 286 valence electrons. The molecule has 0 N–H and O–H groups in total. The third kappa shape index (κ3) is 5.40. The summed E-state index contributed by atoms with van der Waals surface area (Å²) in [6, 6.07) is 71.0. The Labute approximate surface area is 355 Å². The number of fused-ring (bicyclic) bond motifs is 11. The first-order chi connectivity index (χ1) is 30.0. The maximum atomic E-state index is 5.32. The average molecular weight is 778 g/mol. The number of aryl methyl sites for hydroxylation is 2. The lowest BCUT2D eigenvalue weighted by Gasteiger charge is -2.30. The van der Waals surface area contributed by atoms with Crippen molar-refractivity contribution in [1.82, 2.24) is 15.0 Å². The molecule has 0 amide bonds. The predicted molar refractivity (Wildman–Crippen MR) is 250 cm³/mol. The Morgan fingerprint density at radius 1 is 0.361 bits per heavy atom. The first-order valence-corrected chi connectivity index (χ1v) is 21.0. The van der Waals surface area contributed by atoms with Gasteiger partial charge in [-0.3, -0.25) is 4.98 Å². The smallest absolute Gasteiger partial charge is 0.160 e. The number of aromatic nitrogens is 3. The van der Waals surface area contributed by atoms with Crippen LogP contribution in [0.5, 0.6) is 0 Å². The summed E-state index contributed by atoms with van der Waals surface area (Å²) in [5.41, 5.74) is 21.7. The Morgan fingerprint density at radius 2 is 0.951 bits per heavy atom. The number of rotatable bonds is 5. The average Bonchev–Trinajstić information content (AvgIpc) is 3.79. The largest absolute Gasteiger partial charge is 0.261 e. The maximum absolute atomic E-state index is 5.32.